The van der Waals surface area contributed by atoms with Crippen LogP contribution in [0.5, 0.6) is 5.75 Å². The zero-order valence-corrected chi connectivity index (χ0v) is 19.4. The maximum atomic E-state index is 12.4. The van der Waals surface area contributed by atoms with E-state index in [1.165, 1.54) is 12.8 Å². The van der Waals surface area contributed by atoms with Crippen LogP contribution in [-0.4, -0.2) is 40.1 Å². The van der Waals surface area contributed by atoms with E-state index in [-0.39, 0.29) is 12.5 Å². The molecule has 0 spiro atoms. The van der Waals surface area contributed by atoms with Crippen LogP contribution in [0.3, 0.4) is 0 Å². The van der Waals surface area contributed by atoms with E-state index in [1.54, 1.807) is 0 Å². The molecule has 0 atom stereocenters. The topological polar surface area (TPSA) is 59.4 Å². The number of amides is 1. The number of anilines is 1. The summed E-state index contributed by atoms with van der Waals surface area (Å²) in [6.07, 6.45) is 3.58. The molecule has 4 rings (SSSR count). The molecular weight excluding hydrogens is 400 g/mol. The predicted molar refractivity (Wildman–Crippen MR) is 129 cm³/mol. The lowest BCUT2D eigenvalue weighted by Gasteiger charge is -2.29. The zero-order chi connectivity index (χ0) is 22.5. The number of piperidine rings is 1. The van der Waals surface area contributed by atoms with Gasteiger partial charge in [-0.3, -0.25) is 9.69 Å². The Bertz CT molecular complexity index is 1070. The Hall–Kier alpha value is -2.86. The average molecular weight is 435 g/mol. The number of imidazole rings is 1. The number of ether oxygens (including phenoxy) is 1. The summed E-state index contributed by atoms with van der Waals surface area (Å²) in [5, 5.41) is 2.94. The number of nitrogens with zero attached hydrogens (tertiary/aromatic N) is 3. The maximum Gasteiger partial charge on any atom is 0.262 e. The van der Waals surface area contributed by atoms with Crippen molar-refractivity contribution in [2.45, 2.75) is 53.1 Å². The van der Waals surface area contributed by atoms with E-state index < -0.39 is 0 Å². The number of benzene rings is 2. The van der Waals surface area contributed by atoms with Crippen molar-refractivity contribution >= 4 is 22.6 Å². The second-order valence-corrected chi connectivity index (χ2v) is 9.00. The Morgan fingerprint density at radius 2 is 2.00 bits per heavy atom. The molecule has 0 aliphatic carbocycles. The molecule has 1 saturated heterocycles. The quantitative estimate of drug-likeness (QED) is 0.542. The van der Waals surface area contributed by atoms with Gasteiger partial charge in [0, 0.05) is 12.2 Å². The average Bonchev–Trinajstić information content (AvgIpc) is 3.10. The van der Waals surface area contributed by atoms with Crippen molar-refractivity contribution in [1.82, 2.24) is 14.5 Å². The lowest BCUT2D eigenvalue weighted by Crippen LogP contribution is -2.33. The second-order valence-electron chi connectivity index (χ2n) is 9.00. The molecule has 0 bridgehead atoms. The van der Waals surface area contributed by atoms with E-state index in [0.29, 0.717) is 5.75 Å². The highest BCUT2D eigenvalue weighted by Crippen LogP contribution is 2.24. The first kappa shape index (κ1) is 22.3. The molecule has 6 nitrogen and oxygen atoms in total. The van der Waals surface area contributed by atoms with Gasteiger partial charge in [0.1, 0.15) is 11.6 Å². The van der Waals surface area contributed by atoms with Crippen LogP contribution >= 0.6 is 0 Å². The van der Waals surface area contributed by atoms with Gasteiger partial charge < -0.3 is 14.6 Å². The zero-order valence-electron chi connectivity index (χ0n) is 19.4. The first-order valence-electron chi connectivity index (χ1n) is 11.7. The Kier molecular flexibility index (Phi) is 7.10. The molecule has 1 fully saturated rings. The van der Waals surface area contributed by atoms with E-state index in [0.717, 1.165) is 66.6 Å². The Labute approximate surface area is 190 Å². The Morgan fingerprint density at radius 1 is 1.19 bits per heavy atom. The summed E-state index contributed by atoms with van der Waals surface area (Å²) in [6.45, 7) is 10.6. The summed E-state index contributed by atoms with van der Waals surface area (Å²) in [5.41, 5.74) is 3.90. The first-order chi connectivity index (χ1) is 15.5. The lowest BCUT2D eigenvalue weighted by atomic mass is 9.99. The third-order valence-corrected chi connectivity index (χ3v) is 6.16. The molecule has 1 aromatic heterocycles. The van der Waals surface area contributed by atoms with Crippen molar-refractivity contribution in [3.8, 4) is 5.75 Å². The molecule has 3 aromatic rings. The van der Waals surface area contributed by atoms with Crippen LogP contribution in [0.15, 0.2) is 42.5 Å². The molecular formula is C26H34N4O2. The summed E-state index contributed by atoms with van der Waals surface area (Å²) in [4.78, 5) is 19.9. The van der Waals surface area contributed by atoms with Crippen molar-refractivity contribution in [3.63, 3.8) is 0 Å². The van der Waals surface area contributed by atoms with Gasteiger partial charge in [-0.15, -0.1) is 0 Å². The number of hydrogen-bond donors (Lipinski definition) is 1. The number of carbonyl (C=O) groups is 1. The normalized spacial score (nSPS) is 15.2. The van der Waals surface area contributed by atoms with Crippen molar-refractivity contribution in [2.75, 3.05) is 25.0 Å². The molecule has 2 heterocycles. The van der Waals surface area contributed by atoms with Crippen molar-refractivity contribution in [3.05, 3.63) is 53.9 Å². The molecule has 0 saturated carbocycles. The van der Waals surface area contributed by atoms with Crippen molar-refractivity contribution in [2.24, 2.45) is 5.92 Å². The molecule has 1 N–H and O–H groups in total. The molecule has 1 amide bonds. The first-order valence-corrected chi connectivity index (χ1v) is 11.7. The van der Waals surface area contributed by atoms with Crippen LogP contribution in [0, 0.1) is 12.8 Å². The predicted octanol–water partition coefficient (Wildman–Crippen LogP) is 5.00. The molecule has 0 radical (unpaired) electrons. The molecule has 6 heteroatoms. The summed E-state index contributed by atoms with van der Waals surface area (Å²) < 4.78 is 7.95. The van der Waals surface area contributed by atoms with Crippen LogP contribution in [0.4, 0.5) is 5.69 Å². The van der Waals surface area contributed by atoms with Gasteiger partial charge in [0.15, 0.2) is 6.61 Å². The minimum atomic E-state index is -0.179. The van der Waals surface area contributed by atoms with Gasteiger partial charge in [0.05, 0.1) is 17.6 Å². The summed E-state index contributed by atoms with van der Waals surface area (Å²) >= 11 is 0. The van der Waals surface area contributed by atoms with Crippen LogP contribution in [0.2, 0.25) is 0 Å². The van der Waals surface area contributed by atoms with Gasteiger partial charge in [0.2, 0.25) is 0 Å². The van der Waals surface area contributed by atoms with Crippen LogP contribution < -0.4 is 10.1 Å². The van der Waals surface area contributed by atoms with E-state index in [9.17, 15) is 4.79 Å². The molecule has 2 aromatic carbocycles. The fraction of sp³-hybridized carbons (Fsp3) is 0.462. The molecule has 170 valence electrons. The maximum absolute atomic E-state index is 12.4. The highest BCUT2D eigenvalue weighted by Gasteiger charge is 2.19. The number of fused-ring (bicyclic) bond motifs is 1. The minimum Gasteiger partial charge on any atom is -0.484 e. The minimum absolute atomic E-state index is 0.0234. The number of aromatic nitrogens is 2. The number of rotatable bonds is 8. The van der Waals surface area contributed by atoms with Crippen LogP contribution in [0.25, 0.3) is 11.0 Å². The summed E-state index contributed by atoms with van der Waals surface area (Å²) in [7, 11) is 0. The molecule has 0 unspecified atom stereocenters. The number of carbonyl (C=O) groups excluding carboxylic acids is 1. The lowest BCUT2D eigenvalue weighted by molar-refractivity contribution is -0.118. The third-order valence-electron chi connectivity index (χ3n) is 6.16. The number of nitrogens with one attached hydrogen (secondary N) is 1. The van der Waals surface area contributed by atoms with E-state index in [1.807, 2.05) is 43.3 Å². The van der Waals surface area contributed by atoms with E-state index in [4.69, 9.17) is 9.72 Å². The highest BCUT2D eigenvalue weighted by atomic mass is 16.5. The van der Waals surface area contributed by atoms with Gasteiger partial charge in [-0.1, -0.05) is 26.0 Å². The summed E-state index contributed by atoms with van der Waals surface area (Å²) in [6, 6.07) is 13.7. The van der Waals surface area contributed by atoms with Crippen LogP contribution in [0.1, 0.15) is 44.5 Å². The van der Waals surface area contributed by atoms with Crippen LogP contribution in [-0.2, 0) is 17.9 Å². The largest absolute Gasteiger partial charge is 0.484 e. The standard InChI is InChI=1S/C26H34N4O2/c1-4-12-30-24-9-8-21(27-26(31)18-32-22-7-5-6-20(3)15-22)16-23(24)28-25(30)17-29-13-10-19(2)11-14-29/h5-9,15-16,19H,4,10-14,17-18H2,1-3H3,(H,27,31). The molecule has 1 aliphatic heterocycles. The number of likely N-dealkylation sites (tertiary alicyclic amines) is 1. The van der Waals surface area contributed by atoms with Crippen molar-refractivity contribution < 1.29 is 9.53 Å². The third kappa shape index (κ3) is 5.49. The highest BCUT2D eigenvalue weighted by molar-refractivity contribution is 5.94. The van der Waals surface area contributed by atoms with Gasteiger partial charge in [0.25, 0.3) is 5.91 Å². The second kappa shape index (κ2) is 10.2. The monoisotopic (exact) mass is 434 g/mol. The van der Waals surface area contributed by atoms with Gasteiger partial charge in [-0.25, -0.2) is 4.98 Å². The smallest absolute Gasteiger partial charge is 0.262 e. The number of hydrogen-bond acceptors (Lipinski definition) is 4. The Morgan fingerprint density at radius 3 is 2.75 bits per heavy atom. The fourth-order valence-corrected chi connectivity index (χ4v) is 4.32. The van der Waals surface area contributed by atoms with E-state index >= 15 is 0 Å². The summed E-state index contributed by atoms with van der Waals surface area (Å²) in [5.74, 6) is 2.46. The number of aryl methyl sites for hydroxylation is 2. The Balaban J connectivity index is 1.45. The van der Waals surface area contributed by atoms with Crippen molar-refractivity contribution in [1.29, 1.82) is 0 Å². The van der Waals surface area contributed by atoms with Gasteiger partial charge in [-0.05, 0) is 81.1 Å². The van der Waals surface area contributed by atoms with E-state index in [2.05, 4.69) is 34.7 Å². The molecule has 1 aliphatic rings. The van der Waals surface area contributed by atoms with Gasteiger partial charge in [-0.2, -0.15) is 0 Å². The molecule has 32 heavy (non-hydrogen) atoms. The van der Waals surface area contributed by atoms with Gasteiger partial charge >= 0.3 is 0 Å². The fourth-order valence-electron chi connectivity index (χ4n) is 4.32. The SMILES string of the molecule is CCCn1c(CN2CCC(C)CC2)nc2cc(NC(=O)COc3cccc(C)c3)ccc21.